The normalized spacial score (nSPS) is 19.8. The molecule has 1 aliphatic heterocycles. The van der Waals surface area contributed by atoms with Gasteiger partial charge in [-0.25, -0.2) is 0 Å². The molecule has 3 nitrogen and oxygen atoms in total. The van der Waals surface area contributed by atoms with E-state index in [-0.39, 0.29) is 0 Å². The lowest BCUT2D eigenvalue weighted by Crippen LogP contribution is -2.12. The summed E-state index contributed by atoms with van der Waals surface area (Å²) in [5, 5.41) is 0. The first-order valence-corrected chi connectivity index (χ1v) is 5.91. The van der Waals surface area contributed by atoms with E-state index < -0.39 is 0 Å². The number of nitrogens with two attached hydrogens (primary N) is 1. The molecule has 1 aromatic rings. The first kappa shape index (κ1) is 9.97. The topological polar surface area (TPSA) is 44.5 Å². The SMILES string of the molecule is NCCC1(Cc2cccc3c2OCO3)CC1. The molecule has 1 heterocycles. The van der Waals surface area contributed by atoms with Crippen molar-refractivity contribution in [2.45, 2.75) is 25.7 Å². The molecular formula is C13H17NO2. The monoisotopic (exact) mass is 219 g/mol. The van der Waals surface area contributed by atoms with Crippen molar-refractivity contribution in [3.8, 4) is 11.5 Å². The average molecular weight is 219 g/mol. The van der Waals surface area contributed by atoms with Crippen LogP contribution < -0.4 is 15.2 Å². The summed E-state index contributed by atoms with van der Waals surface area (Å²) in [7, 11) is 0. The van der Waals surface area contributed by atoms with Crippen LogP contribution in [-0.4, -0.2) is 13.3 Å². The highest BCUT2D eigenvalue weighted by atomic mass is 16.7. The highest BCUT2D eigenvalue weighted by Gasteiger charge is 2.42. The van der Waals surface area contributed by atoms with Crippen LogP contribution in [0.1, 0.15) is 24.8 Å². The Balaban J connectivity index is 1.83. The molecule has 2 N–H and O–H groups in total. The lowest BCUT2D eigenvalue weighted by molar-refractivity contribution is 0.173. The first-order chi connectivity index (χ1) is 7.83. The van der Waals surface area contributed by atoms with Crippen molar-refractivity contribution in [3.05, 3.63) is 23.8 Å². The zero-order chi connectivity index (χ0) is 11.0. The molecule has 0 aromatic heterocycles. The Bertz CT molecular complexity index is 399. The minimum Gasteiger partial charge on any atom is -0.454 e. The lowest BCUT2D eigenvalue weighted by atomic mass is 9.92. The van der Waals surface area contributed by atoms with Crippen LogP contribution in [-0.2, 0) is 6.42 Å². The number of hydrogen-bond donors (Lipinski definition) is 1. The number of rotatable bonds is 4. The maximum Gasteiger partial charge on any atom is 0.231 e. The summed E-state index contributed by atoms with van der Waals surface area (Å²) in [4.78, 5) is 0. The summed E-state index contributed by atoms with van der Waals surface area (Å²) >= 11 is 0. The van der Waals surface area contributed by atoms with E-state index in [4.69, 9.17) is 15.2 Å². The van der Waals surface area contributed by atoms with Crippen LogP contribution >= 0.6 is 0 Å². The third-order valence-electron chi connectivity index (χ3n) is 3.68. The van der Waals surface area contributed by atoms with E-state index in [9.17, 15) is 0 Å². The third kappa shape index (κ3) is 1.65. The van der Waals surface area contributed by atoms with E-state index in [0.717, 1.165) is 30.9 Å². The van der Waals surface area contributed by atoms with Gasteiger partial charge in [0.1, 0.15) is 0 Å². The van der Waals surface area contributed by atoms with Gasteiger partial charge in [-0.3, -0.25) is 0 Å². The van der Waals surface area contributed by atoms with Crippen molar-refractivity contribution in [1.29, 1.82) is 0 Å². The highest BCUT2D eigenvalue weighted by Crippen LogP contribution is 2.52. The largest absolute Gasteiger partial charge is 0.454 e. The standard InChI is InChI=1S/C13H17NO2/c14-7-6-13(4-5-13)8-10-2-1-3-11-12(10)16-9-15-11/h1-3H,4-9,14H2. The van der Waals surface area contributed by atoms with Crippen LogP contribution in [0.4, 0.5) is 0 Å². The highest BCUT2D eigenvalue weighted by molar-refractivity contribution is 5.48. The van der Waals surface area contributed by atoms with Gasteiger partial charge in [-0.05, 0) is 49.3 Å². The smallest absolute Gasteiger partial charge is 0.231 e. The molecule has 3 heteroatoms. The molecule has 0 atom stereocenters. The maximum absolute atomic E-state index is 5.67. The second kappa shape index (κ2) is 3.67. The van der Waals surface area contributed by atoms with Crippen molar-refractivity contribution in [3.63, 3.8) is 0 Å². The van der Waals surface area contributed by atoms with Gasteiger partial charge in [0.05, 0.1) is 0 Å². The average Bonchev–Trinajstić information content (AvgIpc) is 2.87. The van der Waals surface area contributed by atoms with E-state index in [1.54, 1.807) is 0 Å². The molecule has 0 unspecified atom stereocenters. The number of ether oxygens (including phenoxy) is 2. The molecule has 16 heavy (non-hydrogen) atoms. The van der Waals surface area contributed by atoms with Gasteiger partial charge in [-0.15, -0.1) is 0 Å². The second-order valence-corrected chi connectivity index (χ2v) is 4.87. The molecule has 1 fully saturated rings. The van der Waals surface area contributed by atoms with Crippen molar-refractivity contribution in [2.75, 3.05) is 13.3 Å². The molecule has 86 valence electrons. The molecule has 0 saturated heterocycles. The van der Waals surface area contributed by atoms with E-state index in [0.29, 0.717) is 12.2 Å². The van der Waals surface area contributed by atoms with Gasteiger partial charge in [0.15, 0.2) is 11.5 Å². The predicted octanol–water partition coefficient (Wildman–Crippen LogP) is 2.09. The van der Waals surface area contributed by atoms with Crippen molar-refractivity contribution in [1.82, 2.24) is 0 Å². The predicted molar refractivity (Wildman–Crippen MR) is 61.6 cm³/mol. The Morgan fingerprint density at radius 2 is 2.12 bits per heavy atom. The Hall–Kier alpha value is -1.22. The summed E-state index contributed by atoms with van der Waals surface area (Å²) in [5.41, 5.74) is 7.40. The van der Waals surface area contributed by atoms with E-state index in [1.807, 2.05) is 12.1 Å². The molecule has 0 bridgehead atoms. The summed E-state index contributed by atoms with van der Waals surface area (Å²) in [6, 6.07) is 6.15. The summed E-state index contributed by atoms with van der Waals surface area (Å²) in [6.07, 6.45) is 4.80. The van der Waals surface area contributed by atoms with Gasteiger partial charge >= 0.3 is 0 Å². The van der Waals surface area contributed by atoms with Crippen LogP contribution in [0.2, 0.25) is 0 Å². The summed E-state index contributed by atoms with van der Waals surface area (Å²) < 4.78 is 10.9. The number of fused-ring (bicyclic) bond motifs is 1. The van der Waals surface area contributed by atoms with Crippen LogP contribution in [0.3, 0.4) is 0 Å². The molecule has 0 spiro atoms. The van der Waals surface area contributed by atoms with E-state index in [2.05, 4.69) is 6.07 Å². The fraction of sp³-hybridized carbons (Fsp3) is 0.538. The molecular weight excluding hydrogens is 202 g/mol. The minimum absolute atomic E-state index is 0.357. The molecule has 2 aliphatic rings. The fourth-order valence-corrected chi connectivity index (χ4v) is 2.53. The van der Waals surface area contributed by atoms with Gasteiger partial charge in [0, 0.05) is 0 Å². The summed E-state index contributed by atoms with van der Waals surface area (Å²) in [6.45, 7) is 1.14. The van der Waals surface area contributed by atoms with Crippen LogP contribution in [0.5, 0.6) is 11.5 Å². The quantitative estimate of drug-likeness (QED) is 0.843. The fourth-order valence-electron chi connectivity index (χ4n) is 2.53. The zero-order valence-electron chi connectivity index (χ0n) is 9.37. The van der Waals surface area contributed by atoms with Crippen LogP contribution in [0.15, 0.2) is 18.2 Å². The van der Waals surface area contributed by atoms with Crippen LogP contribution in [0, 0.1) is 5.41 Å². The van der Waals surface area contributed by atoms with Gasteiger partial charge in [0.2, 0.25) is 6.79 Å². The summed E-state index contributed by atoms with van der Waals surface area (Å²) in [5.74, 6) is 1.84. The number of para-hydroxylation sites is 1. The van der Waals surface area contributed by atoms with Gasteiger partial charge in [-0.2, -0.15) is 0 Å². The lowest BCUT2D eigenvalue weighted by Gasteiger charge is -2.15. The molecule has 1 aromatic carbocycles. The molecule has 0 radical (unpaired) electrons. The van der Waals surface area contributed by atoms with Gasteiger partial charge in [-0.1, -0.05) is 12.1 Å². The molecule has 0 amide bonds. The van der Waals surface area contributed by atoms with Crippen molar-refractivity contribution in [2.24, 2.45) is 11.1 Å². The van der Waals surface area contributed by atoms with Gasteiger partial charge < -0.3 is 15.2 Å². The number of benzene rings is 1. The second-order valence-electron chi connectivity index (χ2n) is 4.87. The van der Waals surface area contributed by atoms with Crippen LogP contribution in [0.25, 0.3) is 0 Å². The Labute approximate surface area is 95.5 Å². The first-order valence-electron chi connectivity index (χ1n) is 5.91. The Morgan fingerprint density at radius 3 is 2.88 bits per heavy atom. The number of hydrogen-bond acceptors (Lipinski definition) is 3. The molecule has 1 saturated carbocycles. The third-order valence-corrected chi connectivity index (χ3v) is 3.68. The Morgan fingerprint density at radius 1 is 1.25 bits per heavy atom. The minimum atomic E-state index is 0.357. The van der Waals surface area contributed by atoms with E-state index >= 15 is 0 Å². The maximum atomic E-state index is 5.67. The van der Waals surface area contributed by atoms with Crippen molar-refractivity contribution < 1.29 is 9.47 Å². The Kier molecular flexibility index (Phi) is 2.28. The zero-order valence-corrected chi connectivity index (χ0v) is 9.37. The van der Waals surface area contributed by atoms with Gasteiger partial charge in [0.25, 0.3) is 0 Å². The molecule has 1 aliphatic carbocycles. The van der Waals surface area contributed by atoms with Crippen molar-refractivity contribution >= 4 is 0 Å². The van der Waals surface area contributed by atoms with E-state index in [1.165, 1.54) is 18.4 Å². The molecule has 3 rings (SSSR count).